The van der Waals surface area contributed by atoms with Gasteiger partial charge in [0.1, 0.15) is 0 Å². The molecule has 0 heterocycles. The molecule has 1 unspecified atom stereocenters. The van der Waals surface area contributed by atoms with Crippen molar-refractivity contribution in [2.24, 2.45) is 0 Å². The highest BCUT2D eigenvalue weighted by molar-refractivity contribution is 9.09. The Balaban J connectivity index is 3.01. The first-order valence-corrected chi connectivity index (χ1v) is 5.79. The van der Waals surface area contributed by atoms with E-state index >= 15 is 0 Å². The van der Waals surface area contributed by atoms with Gasteiger partial charge in [0.05, 0.1) is 5.56 Å². The van der Waals surface area contributed by atoms with Crippen LogP contribution in [0, 0.1) is 17.5 Å². The van der Waals surface area contributed by atoms with Crippen LogP contribution in [-0.2, 0) is 0 Å². The molecule has 0 fully saturated rings. The highest BCUT2D eigenvalue weighted by atomic mass is 79.9. The topological polar surface area (TPSA) is 20.3 Å². The molecule has 0 spiro atoms. The van der Waals surface area contributed by atoms with Crippen LogP contribution in [0.15, 0.2) is 12.1 Å². The lowest BCUT2D eigenvalue weighted by atomic mass is 10.1. The van der Waals surface area contributed by atoms with Crippen LogP contribution >= 0.6 is 15.9 Å². The predicted molar refractivity (Wildman–Crippen MR) is 61.7 cm³/mol. The Kier molecular flexibility index (Phi) is 4.56. The van der Waals surface area contributed by atoms with E-state index in [9.17, 15) is 18.0 Å². The minimum absolute atomic E-state index is 0.0183. The Hall–Kier alpha value is -1.04. The van der Waals surface area contributed by atoms with Crippen LogP contribution < -0.4 is 0 Å². The third-order valence-electron chi connectivity index (χ3n) is 2.14. The Morgan fingerprint density at radius 1 is 1.35 bits per heavy atom. The van der Waals surface area contributed by atoms with E-state index in [0.29, 0.717) is 6.54 Å². The first-order chi connectivity index (χ1) is 7.84. The first kappa shape index (κ1) is 14.0. The van der Waals surface area contributed by atoms with Crippen molar-refractivity contribution in [3.05, 3.63) is 35.1 Å². The van der Waals surface area contributed by atoms with Gasteiger partial charge in [-0.05, 0) is 12.1 Å². The zero-order valence-electron chi connectivity index (χ0n) is 9.31. The number of rotatable bonds is 3. The molecule has 2 nitrogen and oxygen atoms in total. The Bertz CT molecular complexity index is 437. The minimum atomic E-state index is -1.63. The van der Waals surface area contributed by atoms with Crippen LogP contribution in [0.5, 0.6) is 0 Å². The van der Waals surface area contributed by atoms with Gasteiger partial charge in [0.15, 0.2) is 17.5 Å². The molecule has 0 bridgehead atoms. The number of halogens is 4. The number of alkyl halides is 1. The summed E-state index contributed by atoms with van der Waals surface area (Å²) in [4.78, 5) is 13.0. The molecule has 1 aromatic carbocycles. The van der Waals surface area contributed by atoms with Crippen molar-refractivity contribution >= 4 is 21.8 Å². The van der Waals surface area contributed by atoms with E-state index in [1.165, 1.54) is 11.9 Å². The van der Waals surface area contributed by atoms with Gasteiger partial charge in [-0.2, -0.15) is 0 Å². The van der Waals surface area contributed by atoms with Gasteiger partial charge in [-0.15, -0.1) is 0 Å². The number of amides is 1. The lowest BCUT2D eigenvalue weighted by Gasteiger charge is -2.19. The smallest absolute Gasteiger partial charge is 0.256 e. The van der Waals surface area contributed by atoms with Crippen LogP contribution in [0.25, 0.3) is 0 Å². The molecular weight excluding hydrogens is 299 g/mol. The molecule has 0 aliphatic rings. The molecule has 1 aromatic rings. The van der Waals surface area contributed by atoms with E-state index in [1.54, 1.807) is 0 Å². The van der Waals surface area contributed by atoms with E-state index in [4.69, 9.17) is 0 Å². The van der Waals surface area contributed by atoms with Crippen LogP contribution in [0.2, 0.25) is 0 Å². The third-order valence-corrected chi connectivity index (χ3v) is 2.43. The average Bonchev–Trinajstić information content (AvgIpc) is 2.24. The Morgan fingerprint density at radius 3 is 2.47 bits per heavy atom. The summed E-state index contributed by atoms with van der Waals surface area (Å²) in [5, 5.41) is 0. The predicted octanol–water partition coefficient (Wildman–Crippen LogP) is 2.96. The molecule has 1 rings (SSSR count). The second-order valence-corrected chi connectivity index (χ2v) is 5.25. The normalized spacial score (nSPS) is 12.4. The Labute approximate surface area is 106 Å². The molecule has 1 amide bonds. The SMILES string of the molecule is CC(Br)CN(C)C(=O)c1ccc(F)c(F)c1F. The Morgan fingerprint density at radius 2 is 1.94 bits per heavy atom. The van der Waals surface area contributed by atoms with E-state index in [0.717, 1.165) is 12.1 Å². The molecule has 0 aliphatic carbocycles. The fraction of sp³-hybridized carbons (Fsp3) is 0.364. The maximum Gasteiger partial charge on any atom is 0.256 e. The van der Waals surface area contributed by atoms with Crippen molar-refractivity contribution in [3.63, 3.8) is 0 Å². The van der Waals surface area contributed by atoms with Crippen molar-refractivity contribution < 1.29 is 18.0 Å². The molecule has 0 saturated heterocycles. The molecule has 0 aromatic heterocycles. The number of carbonyl (C=O) groups is 1. The molecule has 0 radical (unpaired) electrons. The zero-order valence-corrected chi connectivity index (χ0v) is 10.9. The maximum atomic E-state index is 13.3. The molecule has 0 saturated carbocycles. The monoisotopic (exact) mass is 309 g/mol. The van der Waals surface area contributed by atoms with Crippen LogP contribution in [-0.4, -0.2) is 29.2 Å². The molecule has 94 valence electrons. The van der Waals surface area contributed by atoms with Crippen molar-refractivity contribution in [1.82, 2.24) is 4.90 Å². The van der Waals surface area contributed by atoms with Gasteiger partial charge in [0.25, 0.3) is 5.91 Å². The zero-order chi connectivity index (χ0) is 13.2. The highest BCUT2D eigenvalue weighted by Gasteiger charge is 2.21. The molecule has 1 atom stereocenters. The van der Waals surface area contributed by atoms with E-state index in [2.05, 4.69) is 15.9 Å². The minimum Gasteiger partial charge on any atom is -0.341 e. The van der Waals surface area contributed by atoms with Gasteiger partial charge in [-0.1, -0.05) is 22.9 Å². The van der Waals surface area contributed by atoms with E-state index < -0.39 is 28.9 Å². The summed E-state index contributed by atoms with van der Waals surface area (Å²) in [6, 6.07) is 1.67. The lowest BCUT2D eigenvalue weighted by molar-refractivity contribution is 0.0791. The van der Waals surface area contributed by atoms with Crippen LogP contribution in [0.3, 0.4) is 0 Å². The number of benzene rings is 1. The third kappa shape index (κ3) is 3.21. The number of hydrogen-bond acceptors (Lipinski definition) is 1. The van der Waals surface area contributed by atoms with Gasteiger partial charge < -0.3 is 4.90 Å². The van der Waals surface area contributed by atoms with Gasteiger partial charge >= 0.3 is 0 Å². The molecule has 17 heavy (non-hydrogen) atoms. The van der Waals surface area contributed by atoms with E-state index in [1.807, 2.05) is 6.92 Å². The molecular formula is C11H11BrF3NO. The summed E-state index contributed by atoms with van der Waals surface area (Å²) in [5.74, 6) is -5.08. The fourth-order valence-corrected chi connectivity index (χ4v) is 1.79. The summed E-state index contributed by atoms with van der Waals surface area (Å²) < 4.78 is 39.0. The number of nitrogens with zero attached hydrogens (tertiary/aromatic N) is 1. The summed E-state index contributed by atoms with van der Waals surface area (Å²) in [6.45, 7) is 2.14. The molecule has 0 N–H and O–H groups in total. The van der Waals surface area contributed by atoms with E-state index in [-0.39, 0.29) is 4.83 Å². The van der Waals surface area contributed by atoms with Gasteiger partial charge in [0, 0.05) is 18.4 Å². The van der Waals surface area contributed by atoms with Crippen LogP contribution in [0.4, 0.5) is 13.2 Å². The summed E-state index contributed by atoms with van der Waals surface area (Å²) in [7, 11) is 1.46. The average molecular weight is 310 g/mol. The first-order valence-electron chi connectivity index (χ1n) is 4.87. The number of hydrogen-bond donors (Lipinski definition) is 0. The maximum absolute atomic E-state index is 13.3. The second-order valence-electron chi connectivity index (χ2n) is 3.69. The molecule has 6 heteroatoms. The van der Waals surface area contributed by atoms with Crippen molar-refractivity contribution in [1.29, 1.82) is 0 Å². The quantitative estimate of drug-likeness (QED) is 0.621. The standard InChI is InChI=1S/C11H11BrF3NO/c1-6(12)5-16(2)11(17)7-3-4-8(13)10(15)9(7)14/h3-4,6H,5H2,1-2H3. The molecule has 0 aliphatic heterocycles. The van der Waals surface area contributed by atoms with Crippen molar-refractivity contribution in [2.45, 2.75) is 11.8 Å². The van der Waals surface area contributed by atoms with Gasteiger partial charge in [-0.25, -0.2) is 13.2 Å². The lowest BCUT2D eigenvalue weighted by Crippen LogP contribution is -2.32. The second kappa shape index (κ2) is 5.53. The fourth-order valence-electron chi connectivity index (χ4n) is 1.36. The highest BCUT2D eigenvalue weighted by Crippen LogP contribution is 2.17. The van der Waals surface area contributed by atoms with Gasteiger partial charge in [-0.3, -0.25) is 4.79 Å². The van der Waals surface area contributed by atoms with Crippen LogP contribution in [0.1, 0.15) is 17.3 Å². The summed E-state index contributed by atoms with van der Waals surface area (Å²) in [5.41, 5.74) is -0.473. The number of carbonyl (C=O) groups excluding carboxylic acids is 1. The summed E-state index contributed by atoms with van der Waals surface area (Å²) in [6.07, 6.45) is 0. The van der Waals surface area contributed by atoms with Crippen molar-refractivity contribution in [2.75, 3.05) is 13.6 Å². The largest absolute Gasteiger partial charge is 0.341 e. The van der Waals surface area contributed by atoms with Crippen molar-refractivity contribution in [3.8, 4) is 0 Å². The van der Waals surface area contributed by atoms with Gasteiger partial charge in [0.2, 0.25) is 0 Å². The summed E-state index contributed by atoms with van der Waals surface area (Å²) >= 11 is 3.24.